The molecule has 0 bridgehead atoms. The van der Waals surface area contributed by atoms with Crippen LogP contribution in [0.2, 0.25) is 0 Å². The molecule has 0 amide bonds. The standard InChI is InChI=1S/C13H10N2O4S2/c1-8-5-11(20-12(8)13(16)17)15-21(18,19)10-4-2-3-9(6-10)7-14/h2-6,15H,1H3,(H,16,17). The minimum Gasteiger partial charge on any atom is -0.477 e. The molecule has 2 aromatic rings. The lowest BCUT2D eigenvalue weighted by atomic mass is 10.2. The van der Waals surface area contributed by atoms with E-state index in [9.17, 15) is 13.2 Å². The number of thiophene rings is 1. The van der Waals surface area contributed by atoms with E-state index in [0.29, 0.717) is 5.56 Å². The molecule has 0 saturated heterocycles. The van der Waals surface area contributed by atoms with E-state index in [1.807, 2.05) is 6.07 Å². The number of benzene rings is 1. The predicted octanol–water partition coefficient (Wildman–Crippen LogP) is 2.43. The molecule has 0 atom stereocenters. The van der Waals surface area contributed by atoms with Crippen molar-refractivity contribution in [1.82, 2.24) is 0 Å². The van der Waals surface area contributed by atoms with Crippen LogP contribution in [0.5, 0.6) is 0 Å². The largest absolute Gasteiger partial charge is 0.477 e. The van der Waals surface area contributed by atoms with Crippen LogP contribution in [0.1, 0.15) is 20.8 Å². The fourth-order valence-electron chi connectivity index (χ4n) is 1.67. The summed E-state index contributed by atoms with van der Waals surface area (Å²) < 4.78 is 26.7. The molecule has 0 radical (unpaired) electrons. The zero-order valence-electron chi connectivity index (χ0n) is 10.8. The van der Waals surface area contributed by atoms with Crippen molar-refractivity contribution in [2.24, 2.45) is 0 Å². The summed E-state index contributed by atoms with van der Waals surface area (Å²) in [6, 6.07) is 8.90. The zero-order chi connectivity index (χ0) is 15.6. The van der Waals surface area contributed by atoms with Crippen molar-refractivity contribution in [2.75, 3.05) is 4.72 Å². The van der Waals surface area contributed by atoms with Crippen molar-refractivity contribution >= 4 is 32.3 Å². The lowest BCUT2D eigenvalue weighted by molar-refractivity contribution is 0.0701. The molecule has 1 aromatic heterocycles. The van der Waals surface area contributed by atoms with Crippen LogP contribution < -0.4 is 4.72 Å². The zero-order valence-corrected chi connectivity index (χ0v) is 12.5. The van der Waals surface area contributed by atoms with E-state index in [1.54, 1.807) is 6.92 Å². The lowest BCUT2D eigenvalue weighted by Gasteiger charge is -2.05. The van der Waals surface area contributed by atoms with Crippen molar-refractivity contribution in [2.45, 2.75) is 11.8 Å². The monoisotopic (exact) mass is 322 g/mol. The number of carboxylic acids is 1. The number of aryl methyl sites for hydroxylation is 1. The highest BCUT2D eigenvalue weighted by Crippen LogP contribution is 2.28. The van der Waals surface area contributed by atoms with Crippen molar-refractivity contribution < 1.29 is 18.3 Å². The highest BCUT2D eigenvalue weighted by atomic mass is 32.2. The first kappa shape index (κ1) is 15.0. The minimum absolute atomic E-state index is 0.0514. The number of nitriles is 1. The fraction of sp³-hybridized carbons (Fsp3) is 0.0769. The Morgan fingerprint density at radius 2 is 2.10 bits per heavy atom. The van der Waals surface area contributed by atoms with E-state index < -0.39 is 16.0 Å². The maximum atomic E-state index is 12.2. The second kappa shape index (κ2) is 5.55. The molecule has 21 heavy (non-hydrogen) atoms. The summed E-state index contributed by atoms with van der Waals surface area (Å²) in [5.41, 5.74) is 0.711. The molecule has 0 aliphatic heterocycles. The summed E-state index contributed by atoms with van der Waals surface area (Å²) >= 11 is 0.844. The van der Waals surface area contributed by atoms with Crippen molar-refractivity contribution in [3.05, 3.63) is 46.3 Å². The molecule has 1 aromatic carbocycles. The lowest BCUT2D eigenvalue weighted by Crippen LogP contribution is -2.12. The average Bonchev–Trinajstić information content (AvgIpc) is 2.79. The van der Waals surface area contributed by atoms with Gasteiger partial charge >= 0.3 is 5.97 Å². The van der Waals surface area contributed by atoms with E-state index in [2.05, 4.69) is 4.72 Å². The van der Waals surface area contributed by atoms with Gasteiger partial charge in [-0.3, -0.25) is 4.72 Å². The Morgan fingerprint density at radius 1 is 1.38 bits per heavy atom. The first-order valence-corrected chi connectivity index (χ1v) is 8.00. The third-order valence-electron chi connectivity index (χ3n) is 2.62. The first-order chi connectivity index (χ1) is 9.83. The van der Waals surface area contributed by atoms with Gasteiger partial charge in [0.15, 0.2) is 0 Å². The van der Waals surface area contributed by atoms with Crippen LogP contribution in [0.3, 0.4) is 0 Å². The summed E-state index contributed by atoms with van der Waals surface area (Å²) in [5, 5.41) is 18.0. The molecule has 0 spiro atoms. The van der Waals surface area contributed by atoms with E-state index in [0.717, 1.165) is 11.3 Å². The van der Waals surface area contributed by atoms with Crippen molar-refractivity contribution in [1.29, 1.82) is 5.26 Å². The van der Waals surface area contributed by atoms with Crippen molar-refractivity contribution in [3.63, 3.8) is 0 Å². The fourth-order valence-corrected chi connectivity index (χ4v) is 3.91. The Kier molecular flexibility index (Phi) is 3.97. The summed E-state index contributed by atoms with van der Waals surface area (Å²) in [6.07, 6.45) is 0. The van der Waals surface area contributed by atoms with E-state index in [4.69, 9.17) is 10.4 Å². The predicted molar refractivity (Wildman–Crippen MR) is 78.0 cm³/mol. The number of hydrogen-bond donors (Lipinski definition) is 2. The van der Waals surface area contributed by atoms with Gasteiger partial charge in [-0.05, 0) is 36.8 Å². The van der Waals surface area contributed by atoms with Crippen LogP contribution in [-0.4, -0.2) is 19.5 Å². The average molecular weight is 322 g/mol. The molecule has 2 N–H and O–H groups in total. The Morgan fingerprint density at radius 3 is 2.67 bits per heavy atom. The molecule has 8 heteroatoms. The summed E-state index contributed by atoms with van der Waals surface area (Å²) in [5.74, 6) is -1.10. The van der Waals surface area contributed by atoms with Gasteiger partial charge in [0.1, 0.15) is 9.88 Å². The molecule has 108 valence electrons. The molecule has 1 heterocycles. The smallest absolute Gasteiger partial charge is 0.346 e. The van der Waals surface area contributed by atoms with Crippen LogP contribution in [0.15, 0.2) is 35.2 Å². The van der Waals surface area contributed by atoms with Gasteiger partial charge in [-0.2, -0.15) is 5.26 Å². The van der Waals surface area contributed by atoms with E-state index in [1.165, 1.54) is 30.3 Å². The number of hydrogen-bond acceptors (Lipinski definition) is 5. The van der Waals surface area contributed by atoms with Crippen LogP contribution in [0.25, 0.3) is 0 Å². The number of nitrogens with zero attached hydrogens (tertiary/aromatic N) is 1. The summed E-state index contributed by atoms with van der Waals surface area (Å²) in [4.78, 5) is 11.0. The molecule has 0 saturated carbocycles. The topological polar surface area (TPSA) is 107 Å². The van der Waals surface area contributed by atoms with Gasteiger partial charge in [0.05, 0.1) is 16.5 Å². The molecule has 2 rings (SSSR count). The Hall–Kier alpha value is -2.37. The summed E-state index contributed by atoms with van der Waals surface area (Å²) in [6.45, 7) is 1.59. The molecule has 0 aliphatic carbocycles. The Balaban J connectivity index is 2.35. The second-order valence-electron chi connectivity index (χ2n) is 4.17. The van der Waals surface area contributed by atoms with Crippen LogP contribution in [0, 0.1) is 18.3 Å². The minimum atomic E-state index is -3.86. The first-order valence-electron chi connectivity index (χ1n) is 5.70. The third-order valence-corrected chi connectivity index (χ3v) is 5.25. The number of nitrogens with one attached hydrogen (secondary N) is 1. The number of rotatable bonds is 4. The van der Waals surface area contributed by atoms with Crippen LogP contribution >= 0.6 is 11.3 Å². The van der Waals surface area contributed by atoms with Gasteiger partial charge in [-0.25, -0.2) is 13.2 Å². The highest BCUT2D eigenvalue weighted by molar-refractivity contribution is 7.93. The SMILES string of the molecule is Cc1cc(NS(=O)(=O)c2cccc(C#N)c2)sc1C(=O)O. The Labute approximate surface area is 125 Å². The van der Waals surface area contributed by atoms with Crippen LogP contribution in [-0.2, 0) is 10.0 Å². The van der Waals surface area contributed by atoms with E-state index >= 15 is 0 Å². The number of carboxylic acid groups (broad SMARTS) is 1. The van der Waals surface area contributed by atoms with Crippen LogP contribution in [0.4, 0.5) is 5.00 Å². The van der Waals surface area contributed by atoms with E-state index in [-0.39, 0.29) is 20.3 Å². The molecule has 0 fully saturated rings. The third kappa shape index (κ3) is 3.21. The molecule has 0 unspecified atom stereocenters. The molecule has 6 nitrogen and oxygen atoms in total. The van der Waals surface area contributed by atoms with Crippen molar-refractivity contribution in [3.8, 4) is 6.07 Å². The molecule has 0 aliphatic rings. The number of anilines is 1. The number of aromatic carboxylic acids is 1. The maximum Gasteiger partial charge on any atom is 0.346 e. The highest BCUT2D eigenvalue weighted by Gasteiger charge is 2.18. The molecular weight excluding hydrogens is 312 g/mol. The van der Waals surface area contributed by atoms with Gasteiger partial charge in [0.25, 0.3) is 10.0 Å². The Bertz CT molecular complexity index is 847. The number of carbonyl (C=O) groups is 1. The second-order valence-corrected chi connectivity index (χ2v) is 6.91. The van der Waals surface area contributed by atoms with Gasteiger partial charge in [0, 0.05) is 0 Å². The van der Waals surface area contributed by atoms with Gasteiger partial charge in [-0.1, -0.05) is 6.07 Å². The van der Waals surface area contributed by atoms with Gasteiger partial charge in [-0.15, -0.1) is 11.3 Å². The van der Waals surface area contributed by atoms with Gasteiger partial charge < -0.3 is 5.11 Å². The normalized spacial score (nSPS) is 10.9. The summed E-state index contributed by atoms with van der Waals surface area (Å²) in [7, 11) is -3.86. The van der Waals surface area contributed by atoms with Gasteiger partial charge in [0.2, 0.25) is 0 Å². The number of sulfonamides is 1. The quantitative estimate of drug-likeness (QED) is 0.899. The molecular formula is C13H10N2O4S2. The maximum absolute atomic E-state index is 12.2.